The van der Waals surface area contributed by atoms with E-state index in [9.17, 15) is 0 Å². The highest BCUT2D eigenvalue weighted by Gasteiger charge is 2.55. The lowest BCUT2D eigenvalue weighted by Crippen LogP contribution is -2.36. The van der Waals surface area contributed by atoms with E-state index in [1.807, 2.05) is 0 Å². The number of hydrogen-bond acceptors (Lipinski definition) is 1. The number of hydrogen-bond donors (Lipinski definition) is 1. The second kappa shape index (κ2) is 4.68. The van der Waals surface area contributed by atoms with Crippen LogP contribution >= 0.6 is 0 Å². The molecule has 0 amide bonds. The molecule has 3 aliphatic carbocycles. The molecule has 3 saturated carbocycles. The quantitative estimate of drug-likeness (QED) is 0.723. The average molecular weight is 221 g/mol. The van der Waals surface area contributed by atoms with Crippen LogP contribution in [0.5, 0.6) is 0 Å². The Bertz CT molecular complexity index is 224. The Hall–Kier alpha value is -0.0400. The summed E-state index contributed by atoms with van der Waals surface area (Å²) in [5, 5.41) is 3.86. The maximum atomic E-state index is 3.86. The SMILES string of the molecule is CCCNC(CC1CCC1)C1C2CCCC21. The third-order valence-corrected chi connectivity index (χ3v) is 5.41. The Kier molecular flexibility index (Phi) is 3.24. The summed E-state index contributed by atoms with van der Waals surface area (Å²) in [7, 11) is 0. The van der Waals surface area contributed by atoms with Gasteiger partial charge in [0.15, 0.2) is 0 Å². The molecule has 0 heterocycles. The summed E-state index contributed by atoms with van der Waals surface area (Å²) in [6.07, 6.45) is 12.0. The highest BCUT2D eigenvalue weighted by Crippen LogP contribution is 2.60. The number of rotatable bonds is 6. The van der Waals surface area contributed by atoms with Crippen LogP contribution in [0.25, 0.3) is 0 Å². The summed E-state index contributed by atoms with van der Waals surface area (Å²) < 4.78 is 0. The highest BCUT2D eigenvalue weighted by atomic mass is 14.9. The van der Waals surface area contributed by atoms with Crippen molar-refractivity contribution >= 4 is 0 Å². The standard InChI is InChI=1S/C15H27N/c1-2-9-16-14(10-11-5-3-6-11)15-12-7-4-8-13(12)15/h11-16H,2-10H2,1H3. The van der Waals surface area contributed by atoms with Crippen molar-refractivity contribution in [3.8, 4) is 0 Å². The van der Waals surface area contributed by atoms with Crippen molar-refractivity contribution in [1.29, 1.82) is 0 Å². The molecule has 3 atom stereocenters. The van der Waals surface area contributed by atoms with Gasteiger partial charge in [0.2, 0.25) is 0 Å². The van der Waals surface area contributed by atoms with E-state index in [1.54, 1.807) is 12.8 Å². The molecule has 3 fully saturated rings. The fourth-order valence-electron chi connectivity index (χ4n) is 4.27. The van der Waals surface area contributed by atoms with Gasteiger partial charge in [-0.1, -0.05) is 32.6 Å². The van der Waals surface area contributed by atoms with E-state index in [0.29, 0.717) is 0 Å². The van der Waals surface area contributed by atoms with Crippen LogP contribution in [-0.2, 0) is 0 Å². The van der Waals surface area contributed by atoms with Crippen molar-refractivity contribution in [1.82, 2.24) is 5.32 Å². The van der Waals surface area contributed by atoms with Crippen LogP contribution in [-0.4, -0.2) is 12.6 Å². The van der Waals surface area contributed by atoms with Gasteiger partial charge >= 0.3 is 0 Å². The van der Waals surface area contributed by atoms with Crippen LogP contribution in [0.4, 0.5) is 0 Å². The van der Waals surface area contributed by atoms with Gasteiger partial charge in [-0.2, -0.15) is 0 Å². The molecular formula is C15H27N. The molecule has 0 aromatic rings. The maximum absolute atomic E-state index is 3.86. The fourth-order valence-corrected chi connectivity index (χ4v) is 4.27. The molecule has 1 nitrogen and oxygen atoms in total. The molecule has 1 N–H and O–H groups in total. The molecule has 0 aromatic heterocycles. The smallest absolute Gasteiger partial charge is 0.0103 e. The van der Waals surface area contributed by atoms with Crippen molar-refractivity contribution in [2.45, 2.75) is 64.3 Å². The van der Waals surface area contributed by atoms with Gasteiger partial charge < -0.3 is 5.32 Å². The van der Waals surface area contributed by atoms with E-state index in [0.717, 1.165) is 29.7 Å². The Morgan fingerprint density at radius 1 is 1.06 bits per heavy atom. The monoisotopic (exact) mass is 221 g/mol. The van der Waals surface area contributed by atoms with Crippen molar-refractivity contribution in [3.05, 3.63) is 0 Å². The zero-order chi connectivity index (χ0) is 11.0. The van der Waals surface area contributed by atoms with Gasteiger partial charge in [-0.05, 0) is 55.9 Å². The zero-order valence-corrected chi connectivity index (χ0v) is 10.8. The highest BCUT2D eigenvalue weighted by molar-refractivity contribution is 5.06. The van der Waals surface area contributed by atoms with E-state index in [2.05, 4.69) is 12.2 Å². The minimum absolute atomic E-state index is 0.889. The van der Waals surface area contributed by atoms with Crippen molar-refractivity contribution in [2.75, 3.05) is 6.54 Å². The summed E-state index contributed by atoms with van der Waals surface area (Å²) in [6, 6.07) is 0.889. The minimum atomic E-state index is 0.889. The van der Waals surface area contributed by atoms with Gasteiger partial charge in [0.25, 0.3) is 0 Å². The lowest BCUT2D eigenvalue weighted by Gasteiger charge is -2.31. The Balaban J connectivity index is 1.52. The molecule has 0 aromatic carbocycles. The Morgan fingerprint density at radius 3 is 2.31 bits per heavy atom. The van der Waals surface area contributed by atoms with Crippen molar-refractivity contribution in [2.24, 2.45) is 23.7 Å². The summed E-state index contributed by atoms with van der Waals surface area (Å²) in [6.45, 7) is 3.54. The first kappa shape index (κ1) is 11.1. The molecule has 0 spiro atoms. The lowest BCUT2D eigenvalue weighted by molar-refractivity contribution is 0.238. The molecule has 92 valence electrons. The van der Waals surface area contributed by atoms with Gasteiger partial charge in [-0.15, -0.1) is 0 Å². The first-order valence-corrected chi connectivity index (χ1v) is 7.63. The predicted octanol–water partition coefficient (Wildman–Crippen LogP) is 3.59. The minimum Gasteiger partial charge on any atom is -0.314 e. The molecule has 16 heavy (non-hydrogen) atoms. The van der Waals surface area contributed by atoms with Crippen LogP contribution in [0.3, 0.4) is 0 Å². The molecule has 3 unspecified atom stereocenters. The molecule has 0 saturated heterocycles. The first-order chi connectivity index (χ1) is 7.90. The van der Waals surface area contributed by atoms with Crippen LogP contribution in [0.1, 0.15) is 58.3 Å². The molecule has 1 heteroatoms. The van der Waals surface area contributed by atoms with Crippen LogP contribution in [0.15, 0.2) is 0 Å². The lowest BCUT2D eigenvalue weighted by atomic mass is 9.79. The first-order valence-electron chi connectivity index (χ1n) is 7.63. The number of nitrogens with one attached hydrogen (secondary N) is 1. The molecule has 0 bridgehead atoms. The van der Waals surface area contributed by atoms with Crippen LogP contribution in [0.2, 0.25) is 0 Å². The van der Waals surface area contributed by atoms with E-state index in [4.69, 9.17) is 0 Å². The second-order valence-corrected chi connectivity index (χ2v) is 6.43. The zero-order valence-electron chi connectivity index (χ0n) is 10.8. The molecule has 3 rings (SSSR count). The van der Waals surface area contributed by atoms with Crippen LogP contribution < -0.4 is 5.32 Å². The summed E-state index contributed by atoms with van der Waals surface area (Å²) in [5.74, 6) is 4.43. The van der Waals surface area contributed by atoms with Gasteiger partial charge in [0.05, 0.1) is 0 Å². The largest absolute Gasteiger partial charge is 0.314 e. The summed E-state index contributed by atoms with van der Waals surface area (Å²) in [4.78, 5) is 0. The van der Waals surface area contributed by atoms with Gasteiger partial charge in [-0.25, -0.2) is 0 Å². The van der Waals surface area contributed by atoms with Gasteiger partial charge in [0.1, 0.15) is 0 Å². The molecule has 3 aliphatic rings. The normalized spacial score (nSPS) is 39.2. The van der Waals surface area contributed by atoms with Crippen molar-refractivity contribution < 1.29 is 0 Å². The number of fused-ring (bicyclic) bond motifs is 1. The molecular weight excluding hydrogens is 194 g/mol. The van der Waals surface area contributed by atoms with Crippen LogP contribution in [0, 0.1) is 23.7 Å². The summed E-state index contributed by atoms with van der Waals surface area (Å²) in [5.41, 5.74) is 0. The average Bonchev–Trinajstić information content (AvgIpc) is 2.71. The third kappa shape index (κ3) is 2.03. The molecule has 0 radical (unpaired) electrons. The Labute approximate surface area is 100 Å². The predicted molar refractivity (Wildman–Crippen MR) is 68.4 cm³/mol. The third-order valence-electron chi connectivity index (χ3n) is 5.41. The summed E-state index contributed by atoms with van der Waals surface area (Å²) >= 11 is 0. The van der Waals surface area contributed by atoms with E-state index in [1.165, 1.54) is 45.1 Å². The topological polar surface area (TPSA) is 12.0 Å². The fraction of sp³-hybridized carbons (Fsp3) is 1.00. The van der Waals surface area contributed by atoms with E-state index < -0.39 is 0 Å². The van der Waals surface area contributed by atoms with Crippen molar-refractivity contribution in [3.63, 3.8) is 0 Å². The maximum Gasteiger partial charge on any atom is 0.0103 e. The van der Waals surface area contributed by atoms with Gasteiger partial charge in [-0.3, -0.25) is 0 Å². The van der Waals surface area contributed by atoms with E-state index >= 15 is 0 Å². The molecule has 0 aliphatic heterocycles. The van der Waals surface area contributed by atoms with Gasteiger partial charge in [0, 0.05) is 6.04 Å². The Morgan fingerprint density at radius 2 is 1.75 bits per heavy atom. The second-order valence-electron chi connectivity index (χ2n) is 6.43. The van der Waals surface area contributed by atoms with E-state index in [-0.39, 0.29) is 0 Å².